The number of aromatic nitrogens is 3. The predicted molar refractivity (Wildman–Crippen MR) is 76.3 cm³/mol. The van der Waals surface area contributed by atoms with Gasteiger partial charge in [0.1, 0.15) is 6.33 Å². The van der Waals surface area contributed by atoms with Gasteiger partial charge in [0.15, 0.2) is 5.16 Å². The van der Waals surface area contributed by atoms with Gasteiger partial charge >= 0.3 is 0 Å². The Morgan fingerprint density at radius 2 is 2.00 bits per heavy atom. The molecular weight excluding hydrogens is 260 g/mol. The van der Waals surface area contributed by atoms with Crippen LogP contribution in [-0.2, 0) is 11.8 Å². The van der Waals surface area contributed by atoms with Gasteiger partial charge in [0.2, 0.25) is 5.91 Å². The molecule has 0 aliphatic carbocycles. The number of thioether (sulfide) groups is 1. The summed E-state index contributed by atoms with van der Waals surface area (Å²) >= 11 is 1.37. The van der Waals surface area contributed by atoms with E-state index in [1.54, 1.807) is 10.9 Å². The van der Waals surface area contributed by atoms with Crippen molar-refractivity contribution in [1.82, 2.24) is 14.8 Å². The largest absolute Gasteiger partial charge is 0.325 e. The first-order valence-corrected chi connectivity index (χ1v) is 6.88. The second kappa shape index (κ2) is 5.88. The fourth-order valence-corrected chi connectivity index (χ4v) is 2.47. The van der Waals surface area contributed by atoms with Crippen molar-refractivity contribution in [2.45, 2.75) is 19.0 Å². The highest BCUT2D eigenvalue weighted by molar-refractivity contribution is 7.99. The van der Waals surface area contributed by atoms with Crippen LogP contribution in [0.1, 0.15) is 11.1 Å². The number of nitrogens with one attached hydrogen (secondary N) is 1. The van der Waals surface area contributed by atoms with Crippen LogP contribution >= 0.6 is 11.8 Å². The number of hydrogen-bond acceptors (Lipinski definition) is 4. The van der Waals surface area contributed by atoms with E-state index >= 15 is 0 Å². The van der Waals surface area contributed by atoms with Gasteiger partial charge in [-0.2, -0.15) is 0 Å². The predicted octanol–water partition coefficient (Wildman–Crippen LogP) is 2.16. The first-order chi connectivity index (χ1) is 9.04. The van der Waals surface area contributed by atoms with Crippen LogP contribution in [0.5, 0.6) is 0 Å². The normalized spacial score (nSPS) is 10.5. The minimum Gasteiger partial charge on any atom is -0.325 e. The topological polar surface area (TPSA) is 59.8 Å². The summed E-state index contributed by atoms with van der Waals surface area (Å²) < 4.78 is 1.79. The highest BCUT2D eigenvalue weighted by atomic mass is 32.2. The molecule has 1 aromatic carbocycles. The number of aryl methyl sites for hydroxylation is 3. The molecule has 0 unspecified atom stereocenters. The molecule has 19 heavy (non-hydrogen) atoms. The van der Waals surface area contributed by atoms with Crippen LogP contribution in [0, 0.1) is 13.8 Å². The van der Waals surface area contributed by atoms with Crippen molar-refractivity contribution in [1.29, 1.82) is 0 Å². The summed E-state index contributed by atoms with van der Waals surface area (Å²) in [6, 6.07) is 5.99. The van der Waals surface area contributed by atoms with Gasteiger partial charge < -0.3 is 9.88 Å². The molecule has 0 atom stereocenters. The summed E-state index contributed by atoms with van der Waals surface area (Å²) in [7, 11) is 1.85. The van der Waals surface area contributed by atoms with Crippen LogP contribution in [-0.4, -0.2) is 26.4 Å². The Kier molecular flexibility index (Phi) is 4.21. The zero-order valence-electron chi connectivity index (χ0n) is 11.2. The van der Waals surface area contributed by atoms with Crippen LogP contribution in [0.25, 0.3) is 0 Å². The van der Waals surface area contributed by atoms with E-state index in [4.69, 9.17) is 0 Å². The molecule has 100 valence electrons. The summed E-state index contributed by atoms with van der Waals surface area (Å²) in [5.74, 6) is 0.275. The molecule has 2 aromatic rings. The molecule has 1 N–H and O–H groups in total. The molecule has 1 amide bonds. The zero-order valence-corrected chi connectivity index (χ0v) is 12.0. The van der Waals surface area contributed by atoms with Crippen molar-refractivity contribution in [3.05, 3.63) is 35.7 Å². The Balaban J connectivity index is 1.92. The molecule has 0 radical (unpaired) electrons. The molecule has 5 nitrogen and oxygen atoms in total. The van der Waals surface area contributed by atoms with Gasteiger partial charge in [-0.25, -0.2) is 0 Å². The van der Waals surface area contributed by atoms with Crippen molar-refractivity contribution < 1.29 is 4.79 Å². The van der Waals surface area contributed by atoms with E-state index < -0.39 is 0 Å². The van der Waals surface area contributed by atoms with Crippen LogP contribution in [0.3, 0.4) is 0 Å². The molecule has 0 aliphatic heterocycles. The number of amides is 1. The van der Waals surface area contributed by atoms with Crippen molar-refractivity contribution in [2.75, 3.05) is 11.1 Å². The number of carbonyl (C=O) groups excluding carboxylic acids is 1. The molecule has 6 heteroatoms. The maximum absolute atomic E-state index is 11.9. The first kappa shape index (κ1) is 13.6. The molecule has 1 aromatic heterocycles. The lowest BCUT2D eigenvalue weighted by Gasteiger charge is -2.07. The molecule has 0 aliphatic rings. The average Bonchev–Trinajstić information content (AvgIpc) is 2.71. The minimum atomic E-state index is -0.0435. The Labute approximate surface area is 116 Å². The van der Waals surface area contributed by atoms with Gasteiger partial charge in [0, 0.05) is 12.7 Å². The fraction of sp³-hybridized carbons (Fsp3) is 0.308. The summed E-state index contributed by atoms with van der Waals surface area (Å²) in [6.45, 7) is 4.02. The molecule has 1 heterocycles. The van der Waals surface area contributed by atoms with Gasteiger partial charge in [-0.3, -0.25) is 4.79 Å². The minimum absolute atomic E-state index is 0.0435. The summed E-state index contributed by atoms with van der Waals surface area (Å²) in [6.07, 6.45) is 1.62. The average molecular weight is 276 g/mol. The standard InChI is InChI=1S/C13H16N4OS/c1-9-4-10(2)6-11(5-9)15-12(18)7-19-13-16-14-8-17(13)3/h4-6,8H,7H2,1-3H3,(H,15,18). The smallest absolute Gasteiger partial charge is 0.234 e. The Hall–Kier alpha value is -1.82. The lowest BCUT2D eigenvalue weighted by Crippen LogP contribution is -2.14. The number of nitrogens with zero attached hydrogens (tertiary/aromatic N) is 3. The molecule has 0 spiro atoms. The number of carbonyl (C=O) groups is 1. The summed E-state index contributed by atoms with van der Waals surface area (Å²) in [5.41, 5.74) is 3.11. The first-order valence-electron chi connectivity index (χ1n) is 5.89. The second-order valence-electron chi connectivity index (χ2n) is 4.44. The van der Waals surface area contributed by atoms with E-state index in [2.05, 4.69) is 21.6 Å². The monoisotopic (exact) mass is 276 g/mol. The molecule has 0 saturated carbocycles. The fourth-order valence-electron chi connectivity index (χ4n) is 1.78. The van der Waals surface area contributed by atoms with Crippen LogP contribution in [0.4, 0.5) is 5.69 Å². The van der Waals surface area contributed by atoms with E-state index in [9.17, 15) is 4.79 Å². The number of benzene rings is 1. The van der Waals surface area contributed by atoms with E-state index in [0.29, 0.717) is 5.75 Å². The second-order valence-corrected chi connectivity index (χ2v) is 5.38. The maximum atomic E-state index is 11.9. The van der Waals surface area contributed by atoms with Gasteiger partial charge in [-0.05, 0) is 37.1 Å². The van der Waals surface area contributed by atoms with Crippen LogP contribution in [0.15, 0.2) is 29.7 Å². The third-order valence-corrected chi connectivity index (χ3v) is 3.54. The number of hydrogen-bond donors (Lipinski definition) is 1. The van der Waals surface area contributed by atoms with Gasteiger partial charge in [0.05, 0.1) is 5.75 Å². The maximum Gasteiger partial charge on any atom is 0.234 e. The quantitative estimate of drug-likeness (QED) is 0.869. The summed E-state index contributed by atoms with van der Waals surface area (Å²) in [4.78, 5) is 11.9. The van der Waals surface area contributed by atoms with Crippen LogP contribution in [0.2, 0.25) is 0 Å². The van der Waals surface area contributed by atoms with Crippen molar-refractivity contribution in [3.8, 4) is 0 Å². The van der Waals surface area contributed by atoms with Crippen LogP contribution < -0.4 is 5.32 Å². The highest BCUT2D eigenvalue weighted by Crippen LogP contribution is 2.16. The van der Waals surface area contributed by atoms with Gasteiger partial charge in [0.25, 0.3) is 0 Å². The lowest BCUT2D eigenvalue weighted by atomic mass is 10.1. The Morgan fingerprint density at radius 1 is 1.32 bits per heavy atom. The highest BCUT2D eigenvalue weighted by Gasteiger charge is 2.07. The lowest BCUT2D eigenvalue weighted by molar-refractivity contribution is -0.113. The third-order valence-electron chi connectivity index (χ3n) is 2.51. The molecule has 0 bridgehead atoms. The molecule has 0 saturated heterocycles. The zero-order chi connectivity index (χ0) is 13.8. The van der Waals surface area contributed by atoms with E-state index in [0.717, 1.165) is 22.0 Å². The van der Waals surface area contributed by atoms with Gasteiger partial charge in [-0.1, -0.05) is 17.8 Å². The molecule has 2 rings (SSSR count). The number of anilines is 1. The Bertz CT molecular complexity index is 574. The van der Waals surface area contributed by atoms with E-state index in [-0.39, 0.29) is 5.91 Å². The molecular formula is C13H16N4OS. The van der Waals surface area contributed by atoms with Crippen molar-refractivity contribution in [2.24, 2.45) is 7.05 Å². The van der Waals surface area contributed by atoms with Crippen molar-refractivity contribution in [3.63, 3.8) is 0 Å². The van der Waals surface area contributed by atoms with E-state index in [1.165, 1.54) is 11.8 Å². The van der Waals surface area contributed by atoms with Crippen molar-refractivity contribution >= 4 is 23.4 Å². The Morgan fingerprint density at radius 3 is 2.58 bits per heavy atom. The van der Waals surface area contributed by atoms with Gasteiger partial charge in [-0.15, -0.1) is 10.2 Å². The number of rotatable bonds is 4. The van der Waals surface area contributed by atoms with E-state index in [1.807, 2.05) is 33.0 Å². The SMILES string of the molecule is Cc1cc(C)cc(NC(=O)CSc2nncn2C)c1. The third kappa shape index (κ3) is 3.82. The summed E-state index contributed by atoms with van der Waals surface area (Å²) in [5, 5.41) is 11.3. The molecule has 0 fully saturated rings.